The fourth-order valence-electron chi connectivity index (χ4n) is 6.68. The number of hydrogen-bond acceptors (Lipinski definition) is 10. The number of carbonyl (C=O) groups excluding carboxylic acids is 4. The van der Waals surface area contributed by atoms with Crippen LogP contribution in [0.4, 0.5) is 0 Å². The standard InChI is InChI=1S/C51H58O10/c1-12-36(52)19-13-14-23-42(54)46(2,3)61-41-21-15-18-35(34-41)43(55)47(4,5)58-39-24-26-40(27-25-39)60-49(8,9)45(57)51(11)31-17-22-38(29-33-51)59-48(6,7)44(56)50(10)30-16-20-37(53)28-32-50/h12-34,52-53H,1-11H3/b19-13-,23-14+,36-12+. The molecule has 0 bridgehead atoms. The van der Waals surface area contributed by atoms with E-state index < -0.39 is 33.2 Å². The summed E-state index contributed by atoms with van der Waals surface area (Å²) in [6.45, 7) is 18.5. The average Bonchev–Trinajstić information content (AvgIpc) is 3.50. The van der Waals surface area contributed by atoms with Crippen LogP contribution in [0.25, 0.3) is 0 Å². The summed E-state index contributed by atoms with van der Waals surface area (Å²) in [6, 6.07) is 13.2. The van der Waals surface area contributed by atoms with E-state index in [-0.39, 0.29) is 34.7 Å². The summed E-state index contributed by atoms with van der Waals surface area (Å²) >= 11 is 0. The number of hydrogen-bond donors (Lipinski definition) is 2. The van der Waals surface area contributed by atoms with Gasteiger partial charge in [-0.05, 0) is 155 Å². The van der Waals surface area contributed by atoms with Crippen LogP contribution in [0.1, 0.15) is 86.5 Å². The van der Waals surface area contributed by atoms with Crippen LogP contribution >= 0.6 is 0 Å². The lowest BCUT2D eigenvalue weighted by Crippen LogP contribution is -2.46. The van der Waals surface area contributed by atoms with Crippen LogP contribution in [0.3, 0.4) is 0 Å². The van der Waals surface area contributed by atoms with Gasteiger partial charge in [-0.15, -0.1) is 0 Å². The summed E-state index contributed by atoms with van der Waals surface area (Å²) in [4.78, 5) is 54.4. The number of Topliss-reactive ketones (excluding diaryl/α,β-unsaturated/α-hetero) is 3. The van der Waals surface area contributed by atoms with E-state index >= 15 is 0 Å². The third-order valence-corrected chi connectivity index (χ3v) is 10.2. The van der Waals surface area contributed by atoms with Gasteiger partial charge in [-0.2, -0.15) is 0 Å². The van der Waals surface area contributed by atoms with Crippen molar-refractivity contribution in [3.05, 3.63) is 163 Å². The lowest BCUT2D eigenvalue weighted by Gasteiger charge is -2.33. The SMILES string of the molecule is C\C=C(O)/C=C\C=C\C(=O)C(C)(C)Oc1cccc(C(=O)C(C)(C)Oc2ccc(OC(C)(C)C(=O)C3(C)C=CC=C(OC(C)(C)C(=O)C4(C)C=CC=C(O)C=C4)C=C3)cc2)c1. The zero-order valence-electron chi connectivity index (χ0n) is 36.9. The molecule has 0 heterocycles. The van der Waals surface area contributed by atoms with E-state index in [1.54, 1.807) is 179 Å². The van der Waals surface area contributed by atoms with Crippen LogP contribution in [-0.4, -0.2) is 55.8 Å². The maximum absolute atomic E-state index is 14.1. The van der Waals surface area contributed by atoms with Crippen molar-refractivity contribution in [2.75, 3.05) is 0 Å². The van der Waals surface area contributed by atoms with Crippen LogP contribution in [0.5, 0.6) is 17.2 Å². The molecule has 0 aromatic heterocycles. The van der Waals surface area contributed by atoms with E-state index in [9.17, 15) is 29.4 Å². The second kappa shape index (κ2) is 18.5. The largest absolute Gasteiger partial charge is 0.508 e. The first-order chi connectivity index (χ1) is 28.3. The van der Waals surface area contributed by atoms with Gasteiger partial charge in [-0.25, -0.2) is 0 Å². The van der Waals surface area contributed by atoms with Gasteiger partial charge in [0, 0.05) is 5.56 Å². The van der Waals surface area contributed by atoms with Gasteiger partial charge in [0.25, 0.3) is 0 Å². The number of allylic oxidation sites excluding steroid dienone is 14. The maximum atomic E-state index is 14.1. The van der Waals surface area contributed by atoms with Crippen molar-refractivity contribution in [2.24, 2.45) is 10.8 Å². The summed E-state index contributed by atoms with van der Waals surface area (Å²) < 4.78 is 24.6. The van der Waals surface area contributed by atoms with Crippen molar-refractivity contribution in [3.8, 4) is 17.2 Å². The first-order valence-corrected chi connectivity index (χ1v) is 20.0. The van der Waals surface area contributed by atoms with Gasteiger partial charge in [-0.3, -0.25) is 19.2 Å². The zero-order chi connectivity index (χ0) is 45.4. The van der Waals surface area contributed by atoms with Crippen molar-refractivity contribution in [2.45, 2.75) is 98.6 Å². The Morgan fingerprint density at radius 1 is 0.607 bits per heavy atom. The Morgan fingerprint density at radius 3 is 1.70 bits per heavy atom. The Kier molecular flexibility index (Phi) is 14.3. The van der Waals surface area contributed by atoms with E-state index in [0.717, 1.165) is 0 Å². The molecule has 4 rings (SSSR count). The molecule has 0 radical (unpaired) electrons. The first-order valence-electron chi connectivity index (χ1n) is 20.0. The van der Waals surface area contributed by atoms with E-state index in [1.165, 1.54) is 36.5 Å². The molecule has 10 heteroatoms. The maximum Gasteiger partial charge on any atom is 0.205 e. The fourth-order valence-corrected chi connectivity index (χ4v) is 6.68. The van der Waals surface area contributed by atoms with Crippen LogP contribution in [0.15, 0.2) is 157 Å². The van der Waals surface area contributed by atoms with E-state index in [0.29, 0.717) is 28.6 Å². The molecule has 0 saturated carbocycles. The molecule has 2 aliphatic carbocycles. The predicted octanol–water partition coefficient (Wildman–Crippen LogP) is 10.7. The van der Waals surface area contributed by atoms with Crippen molar-refractivity contribution in [1.82, 2.24) is 0 Å². The van der Waals surface area contributed by atoms with Gasteiger partial charge in [0.2, 0.25) is 5.78 Å². The molecule has 61 heavy (non-hydrogen) atoms. The Morgan fingerprint density at radius 2 is 1.11 bits per heavy atom. The predicted molar refractivity (Wildman–Crippen MR) is 238 cm³/mol. The van der Waals surface area contributed by atoms with E-state index in [2.05, 4.69) is 0 Å². The second-order valence-electron chi connectivity index (χ2n) is 17.3. The molecule has 322 valence electrons. The highest BCUT2D eigenvalue weighted by atomic mass is 16.5. The third kappa shape index (κ3) is 12.1. The number of benzene rings is 2. The Hall–Kier alpha value is -6.42. The summed E-state index contributed by atoms with van der Waals surface area (Å²) in [7, 11) is 0. The van der Waals surface area contributed by atoms with Gasteiger partial charge in [-0.1, -0.05) is 60.7 Å². The smallest absolute Gasteiger partial charge is 0.205 e. The first kappa shape index (κ1) is 47.3. The Balaban J connectivity index is 1.38. The van der Waals surface area contributed by atoms with E-state index in [1.807, 2.05) is 0 Å². The number of carbonyl (C=O) groups is 4. The molecular weight excluding hydrogens is 773 g/mol. The molecule has 10 nitrogen and oxygen atoms in total. The minimum Gasteiger partial charge on any atom is -0.508 e. The molecule has 2 aliphatic rings. The van der Waals surface area contributed by atoms with Gasteiger partial charge < -0.3 is 29.2 Å². The van der Waals surface area contributed by atoms with E-state index in [4.69, 9.17) is 18.9 Å². The molecule has 0 aliphatic heterocycles. The highest BCUT2D eigenvalue weighted by Gasteiger charge is 2.44. The number of ether oxygens (including phenoxy) is 4. The highest BCUT2D eigenvalue weighted by molar-refractivity contribution is 6.02. The molecule has 0 spiro atoms. The van der Waals surface area contributed by atoms with Gasteiger partial charge in [0.05, 0.1) is 10.8 Å². The molecule has 2 aromatic carbocycles. The molecule has 2 unspecified atom stereocenters. The normalized spacial score (nSPS) is 19.8. The van der Waals surface area contributed by atoms with Crippen molar-refractivity contribution in [3.63, 3.8) is 0 Å². The number of rotatable bonds is 18. The molecule has 2 N–H and O–H groups in total. The Labute approximate surface area is 359 Å². The number of ketones is 4. The van der Waals surface area contributed by atoms with Crippen LogP contribution < -0.4 is 14.2 Å². The van der Waals surface area contributed by atoms with Crippen LogP contribution in [-0.2, 0) is 19.1 Å². The minimum atomic E-state index is -1.30. The third-order valence-electron chi connectivity index (χ3n) is 10.2. The average molecular weight is 831 g/mol. The van der Waals surface area contributed by atoms with Crippen LogP contribution in [0.2, 0.25) is 0 Å². The minimum absolute atomic E-state index is 0.0485. The van der Waals surface area contributed by atoms with Crippen LogP contribution in [0, 0.1) is 10.8 Å². The van der Waals surface area contributed by atoms with Crippen molar-refractivity contribution >= 4 is 23.1 Å². The lowest BCUT2D eigenvalue weighted by atomic mass is 9.77. The summed E-state index contributed by atoms with van der Waals surface area (Å²) in [5.41, 5.74) is -6.86. The topological polar surface area (TPSA) is 146 Å². The quantitative estimate of drug-likeness (QED) is 0.0644. The molecule has 2 aromatic rings. The molecule has 2 atom stereocenters. The van der Waals surface area contributed by atoms with Gasteiger partial charge in [0.1, 0.15) is 34.5 Å². The highest BCUT2D eigenvalue weighted by Crippen LogP contribution is 2.37. The second-order valence-corrected chi connectivity index (χ2v) is 17.3. The lowest BCUT2D eigenvalue weighted by molar-refractivity contribution is -0.141. The van der Waals surface area contributed by atoms with Gasteiger partial charge >= 0.3 is 0 Å². The molecule has 0 saturated heterocycles. The Bertz CT molecular complexity index is 2290. The number of aliphatic hydroxyl groups excluding tert-OH is 2. The van der Waals surface area contributed by atoms with Gasteiger partial charge in [0.15, 0.2) is 39.8 Å². The molecule has 0 fully saturated rings. The van der Waals surface area contributed by atoms with Crippen molar-refractivity contribution < 1.29 is 48.3 Å². The fraction of sp³-hybridized carbons (Fsp3) is 0.333. The van der Waals surface area contributed by atoms with Crippen molar-refractivity contribution in [1.29, 1.82) is 0 Å². The summed E-state index contributed by atoms with van der Waals surface area (Å²) in [5.74, 6) is 0.578. The summed E-state index contributed by atoms with van der Waals surface area (Å²) in [6.07, 6.45) is 24.0. The number of aliphatic hydroxyl groups is 2. The summed E-state index contributed by atoms with van der Waals surface area (Å²) in [5, 5.41) is 19.4. The zero-order valence-corrected chi connectivity index (χ0v) is 36.9. The molecule has 0 amide bonds. The monoisotopic (exact) mass is 830 g/mol. The molecular formula is C51H58O10.